The molecule has 6 N–H and O–H groups in total. The number of hydrogen-bond donors (Lipinski definition) is 6. The third-order valence-corrected chi connectivity index (χ3v) is 12.1. The molecule has 1 aromatic heterocycles. The van der Waals surface area contributed by atoms with Crippen molar-refractivity contribution in [1.82, 2.24) is 36.6 Å². The molecule has 4 amide bonds. The van der Waals surface area contributed by atoms with Gasteiger partial charge in [-0.15, -0.1) is 0 Å². The zero-order valence-corrected chi connectivity index (χ0v) is 33.8. The van der Waals surface area contributed by atoms with Crippen LogP contribution in [0.2, 0.25) is 0 Å². The van der Waals surface area contributed by atoms with Crippen molar-refractivity contribution in [1.29, 1.82) is 0 Å². The van der Waals surface area contributed by atoms with Gasteiger partial charge >= 0.3 is 6.03 Å². The van der Waals surface area contributed by atoms with Gasteiger partial charge in [-0.05, 0) is 68.4 Å². The fourth-order valence-electron chi connectivity index (χ4n) is 7.53. The molecule has 16 heteroatoms. The number of benzene rings is 2. The first-order valence-corrected chi connectivity index (χ1v) is 21.4. The third kappa shape index (κ3) is 13.8. The van der Waals surface area contributed by atoms with Gasteiger partial charge in [-0.1, -0.05) is 18.6 Å². The van der Waals surface area contributed by atoms with Crippen LogP contribution in [0.1, 0.15) is 68.7 Å². The molecule has 3 aromatic rings. The van der Waals surface area contributed by atoms with Crippen LogP contribution in [0.4, 0.5) is 4.79 Å². The number of urea groups is 1. The summed E-state index contributed by atoms with van der Waals surface area (Å²) in [5.41, 5.74) is 2.97. The van der Waals surface area contributed by atoms with E-state index in [1.54, 1.807) is 7.11 Å². The maximum Gasteiger partial charge on any atom is 0.315 e. The Balaban J connectivity index is 0.729. The molecule has 2 aliphatic heterocycles. The topological polar surface area (TPSA) is 186 Å². The third-order valence-electron chi connectivity index (χ3n) is 10.6. The molecule has 1 aliphatic carbocycles. The number of carbonyl (C=O) groups is 3. The number of fused-ring (bicyclic) bond motifs is 2. The largest absolute Gasteiger partial charge is 0.497 e. The van der Waals surface area contributed by atoms with E-state index >= 15 is 0 Å². The normalized spacial score (nSPS) is 21.5. The number of methoxy groups -OCH3 is 1. The van der Waals surface area contributed by atoms with Crippen molar-refractivity contribution in [3.05, 3.63) is 53.9 Å². The number of hydrogen-bond acceptors (Lipinski definition) is 11. The van der Waals surface area contributed by atoms with Gasteiger partial charge in [0, 0.05) is 48.5 Å². The van der Waals surface area contributed by atoms with Crippen LogP contribution in [0.3, 0.4) is 0 Å². The predicted octanol–water partition coefficient (Wildman–Crippen LogP) is 3.77. The van der Waals surface area contributed by atoms with Gasteiger partial charge < -0.3 is 55.3 Å². The van der Waals surface area contributed by atoms with Crippen molar-refractivity contribution < 1.29 is 38.1 Å². The van der Waals surface area contributed by atoms with Crippen LogP contribution in [0.5, 0.6) is 11.5 Å². The Morgan fingerprint density at radius 2 is 1.60 bits per heavy atom. The van der Waals surface area contributed by atoms with E-state index in [0.29, 0.717) is 76.9 Å². The first kappa shape index (κ1) is 42.5. The quantitative estimate of drug-likeness (QED) is 0.0541. The molecule has 15 nitrogen and oxygen atoms in total. The molecule has 6 rings (SSSR count). The number of H-pyrrole nitrogens is 1. The molecule has 57 heavy (non-hydrogen) atoms. The number of carbonyl (C=O) groups excluding carboxylic acids is 3. The molecule has 0 radical (unpaired) electrons. The van der Waals surface area contributed by atoms with Gasteiger partial charge in [-0.25, -0.2) is 9.78 Å². The summed E-state index contributed by atoms with van der Waals surface area (Å²) in [5, 5.41) is 15.7. The van der Waals surface area contributed by atoms with Gasteiger partial charge in [-0.2, -0.15) is 11.8 Å². The van der Waals surface area contributed by atoms with E-state index in [1.165, 1.54) is 0 Å². The highest BCUT2D eigenvalue weighted by Crippen LogP contribution is 2.34. The lowest BCUT2D eigenvalue weighted by molar-refractivity contribution is -0.122. The Hall–Kier alpha value is -4.09. The Bertz CT molecular complexity index is 1700. The second kappa shape index (κ2) is 22.7. The minimum absolute atomic E-state index is 0.0239. The molecule has 3 atom stereocenters. The number of amides is 4. The van der Waals surface area contributed by atoms with Crippen LogP contribution in [-0.2, 0) is 30.3 Å². The molecule has 3 aliphatic rings. The highest BCUT2D eigenvalue weighted by molar-refractivity contribution is 8.00. The number of nitrogens with one attached hydrogen (secondary N) is 6. The first-order chi connectivity index (χ1) is 27.9. The summed E-state index contributed by atoms with van der Waals surface area (Å²) in [6.45, 7) is 4.53. The number of nitrogens with zero attached hydrogens (tertiary/aromatic N) is 1. The summed E-state index contributed by atoms with van der Waals surface area (Å²) >= 11 is 1.90. The number of thioether (sulfide) groups is 1. The van der Waals surface area contributed by atoms with Gasteiger partial charge in [0.2, 0.25) is 11.8 Å². The number of aromatic amines is 1. The molecule has 0 unspecified atom stereocenters. The summed E-state index contributed by atoms with van der Waals surface area (Å²) < 4.78 is 27.9. The highest BCUT2D eigenvalue weighted by atomic mass is 32.2. The average molecular weight is 810 g/mol. The van der Waals surface area contributed by atoms with E-state index in [0.717, 1.165) is 84.6 Å². The van der Waals surface area contributed by atoms with Crippen LogP contribution < -0.4 is 36.1 Å². The van der Waals surface area contributed by atoms with Gasteiger partial charge in [-0.3, -0.25) is 9.59 Å². The van der Waals surface area contributed by atoms with Gasteiger partial charge in [0.25, 0.3) is 0 Å². The number of unbranched alkanes of at least 4 members (excludes halogenated alkanes) is 1. The average Bonchev–Trinajstić information content (AvgIpc) is 3.93. The van der Waals surface area contributed by atoms with E-state index in [9.17, 15) is 14.4 Å². The molecule has 1 saturated carbocycles. The van der Waals surface area contributed by atoms with E-state index in [2.05, 4.69) is 31.6 Å². The summed E-state index contributed by atoms with van der Waals surface area (Å²) in [5.74, 6) is 3.92. The fourth-order valence-corrected chi connectivity index (χ4v) is 9.07. The molecular weight excluding hydrogens is 751 g/mol. The second-order valence-electron chi connectivity index (χ2n) is 14.8. The van der Waals surface area contributed by atoms with Crippen molar-refractivity contribution >= 4 is 40.6 Å². The minimum Gasteiger partial charge on any atom is -0.497 e. The lowest BCUT2D eigenvalue weighted by Crippen LogP contribution is -2.41. The van der Waals surface area contributed by atoms with E-state index in [1.807, 2.05) is 54.2 Å². The van der Waals surface area contributed by atoms with Crippen LogP contribution in [0, 0.1) is 0 Å². The van der Waals surface area contributed by atoms with E-state index < -0.39 is 0 Å². The number of ether oxygens (including phenoxy) is 5. The number of imidazole rings is 1. The van der Waals surface area contributed by atoms with Gasteiger partial charge in [0.15, 0.2) is 0 Å². The maximum atomic E-state index is 12.5. The van der Waals surface area contributed by atoms with E-state index in [4.69, 9.17) is 28.7 Å². The van der Waals surface area contributed by atoms with Crippen molar-refractivity contribution in [3.8, 4) is 11.5 Å². The van der Waals surface area contributed by atoms with Gasteiger partial charge in [0.05, 0.1) is 76.4 Å². The Morgan fingerprint density at radius 1 is 0.860 bits per heavy atom. The molecule has 0 bridgehead atoms. The summed E-state index contributed by atoms with van der Waals surface area (Å²) in [6.07, 6.45) is 7.10. The lowest BCUT2D eigenvalue weighted by atomic mass is 9.85. The summed E-state index contributed by atoms with van der Waals surface area (Å²) in [7, 11) is 1.65. The van der Waals surface area contributed by atoms with Crippen LogP contribution >= 0.6 is 11.8 Å². The van der Waals surface area contributed by atoms with Crippen molar-refractivity contribution in [2.24, 2.45) is 0 Å². The zero-order chi connectivity index (χ0) is 39.7. The smallest absolute Gasteiger partial charge is 0.315 e. The lowest BCUT2D eigenvalue weighted by Gasteiger charge is -2.28. The summed E-state index contributed by atoms with van der Waals surface area (Å²) in [6, 6.07) is 14.3. The standard InChI is InChI=1S/C41H59N7O8S/c1-52-31-12-6-28(7-13-31)25-42-26-38(50)44-30-10-8-29(9-11-30)40-45-33-15-14-32(24-34(33)46-40)56-23-22-55-21-20-54-19-18-53-17-16-43-37(49)5-3-2-4-36-39-35(27-57-36)47-41(51)48-39/h6-7,12-15,24,29-30,35-36,39,42H,2-5,8-11,16-23,25-27H2,1H3,(H,43,49)(H,44,50)(H,45,46)(H2,47,48,51)/t29?,30?,35-,36-,39-/m1/s1. The Morgan fingerprint density at radius 3 is 2.37 bits per heavy atom. The molecule has 312 valence electrons. The van der Waals surface area contributed by atoms with Crippen molar-refractivity contribution in [3.63, 3.8) is 0 Å². The van der Waals surface area contributed by atoms with Crippen molar-refractivity contribution in [2.75, 3.05) is 72.2 Å². The molecule has 2 aromatic carbocycles. The molecule has 3 heterocycles. The molecule has 0 spiro atoms. The van der Waals surface area contributed by atoms with E-state index in [-0.39, 0.29) is 42.5 Å². The monoisotopic (exact) mass is 809 g/mol. The zero-order valence-electron chi connectivity index (χ0n) is 33.0. The first-order valence-electron chi connectivity index (χ1n) is 20.4. The summed E-state index contributed by atoms with van der Waals surface area (Å²) in [4.78, 5) is 44.5. The van der Waals surface area contributed by atoms with Gasteiger partial charge in [0.1, 0.15) is 23.9 Å². The fraction of sp³-hybridized carbons (Fsp3) is 0.610. The number of rotatable bonds is 25. The van der Waals surface area contributed by atoms with Crippen LogP contribution in [0.25, 0.3) is 11.0 Å². The second-order valence-corrected chi connectivity index (χ2v) is 16.0. The highest BCUT2D eigenvalue weighted by Gasteiger charge is 2.42. The minimum atomic E-state index is -0.0611. The number of aromatic nitrogens is 2. The molecular formula is C41H59N7O8S. The molecule has 3 fully saturated rings. The molecule has 2 saturated heterocycles. The Kier molecular flexibility index (Phi) is 17.0. The van der Waals surface area contributed by atoms with Crippen LogP contribution in [-0.4, -0.2) is 123 Å². The van der Waals surface area contributed by atoms with Crippen molar-refractivity contribution in [2.45, 2.75) is 87.2 Å². The maximum absolute atomic E-state index is 12.5. The predicted molar refractivity (Wildman–Crippen MR) is 219 cm³/mol. The Labute approximate surface area is 339 Å². The van der Waals surface area contributed by atoms with Crippen LogP contribution in [0.15, 0.2) is 42.5 Å². The SMILES string of the molecule is COc1ccc(CNCC(=O)NC2CCC(c3nc4ccc(OCCOCCOCCOCCNC(=O)CCCC[C@H]5SC[C@H]6NC(=O)N[C@H]65)cc4[nH]3)CC2)cc1.